The van der Waals surface area contributed by atoms with Crippen molar-refractivity contribution in [1.29, 1.82) is 0 Å². The molecule has 1 rings (SSSR count). The number of aliphatic carboxylic acids is 2. The molecule has 0 atom stereocenters. The van der Waals surface area contributed by atoms with E-state index in [9.17, 15) is 9.59 Å². The van der Waals surface area contributed by atoms with Crippen LogP contribution in [0.3, 0.4) is 0 Å². The standard InChI is InChI=1S/C6H8O2.C3H4O2/c1-4-2-3-5(4)6(7)8;1-2-3(4)5/h2-3H2,1H3,(H,7,8);2H,1H2,(H,4,5). The molecule has 0 heterocycles. The molecule has 1 aliphatic rings. The first-order valence-corrected chi connectivity index (χ1v) is 3.76. The van der Waals surface area contributed by atoms with Gasteiger partial charge in [-0.05, 0) is 19.8 Å². The zero-order valence-corrected chi connectivity index (χ0v) is 7.41. The molecule has 13 heavy (non-hydrogen) atoms. The van der Waals surface area contributed by atoms with Gasteiger partial charge in [-0.15, -0.1) is 0 Å². The maximum Gasteiger partial charge on any atom is 0.331 e. The fourth-order valence-electron chi connectivity index (χ4n) is 0.789. The van der Waals surface area contributed by atoms with Gasteiger partial charge in [-0.1, -0.05) is 12.2 Å². The highest BCUT2D eigenvalue weighted by atomic mass is 16.4. The number of hydrogen-bond donors (Lipinski definition) is 2. The van der Waals surface area contributed by atoms with Gasteiger partial charge in [-0.2, -0.15) is 0 Å². The number of allylic oxidation sites excluding steroid dienone is 1. The molecule has 0 unspecified atom stereocenters. The summed E-state index contributed by atoms with van der Waals surface area (Å²) in [6.45, 7) is 4.83. The van der Waals surface area contributed by atoms with E-state index in [1.807, 2.05) is 6.92 Å². The molecule has 1 aliphatic carbocycles. The van der Waals surface area contributed by atoms with Crippen LogP contribution in [0.1, 0.15) is 19.8 Å². The molecule has 0 aromatic rings. The molecule has 0 spiro atoms. The molecule has 0 amide bonds. The molecule has 4 heteroatoms. The van der Waals surface area contributed by atoms with Gasteiger partial charge < -0.3 is 10.2 Å². The molecule has 0 bridgehead atoms. The van der Waals surface area contributed by atoms with Gasteiger partial charge in [0.2, 0.25) is 0 Å². The van der Waals surface area contributed by atoms with Crippen LogP contribution in [0.25, 0.3) is 0 Å². The molecule has 72 valence electrons. The van der Waals surface area contributed by atoms with Gasteiger partial charge in [0, 0.05) is 11.6 Å². The summed E-state index contributed by atoms with van der Waals surface area (Å²) in [5, 5.41) is 15.9. The van der Waals surface area contributed by atoms with Crippen molar-refractivity contribution in [1.82, 2.24) is 0 Å². The Bertz CT molecular complexity index is 263. The largest absolute Gasteiger partial charge is 0.478 e. The zero-order valence-electron chi connectivity index (χ0n) is 7.41. The lowest BCUT2D eigenvalue weighted by atomic mass is 9.90. The highest BCUT2D eigenvalue weighted by Crippen LogP contribution is 2.26. The van der Waals surface area contributed by atoms with Crippen LogP contribution in [0.2, 0.25) is 0 Å². The summed E-state index contributed by atoms with van der Waals surface area (Å²) in [7, 11) is 0. The summed E-state index contributed by atoms with van der Waals surface area (Å²) in [6.07, 6.45) is 2.57. The van der Waals surface area contributed by atoms with Crippen molar-refractivity contribution in [3.05, 3.63) is 23.8 Å². The Hall–Kier alpha value is -1.58. The van der Waals surface area contributed by atoms with Gasteiger partial charge in [0.1, 0.15) is 0 Å². The fraction of sp³-hybridized carbons (Fsp3) is 0.333. The second-order valence-electron chi connectivity index (χ2n) is 2.61. The van der Waals surface area contributed by atoms with E-state index in [4.69, 9.17) is 10.2 Å². The third-order valence-corrected chi connectivity index (χ3v) is 1.70. The third kappa shape index (κ3) is 4.10. The van der Waals surface area contributed by atoms with E-state index in [0.717, 1.165) is 24.5 Å². The van der Waals surface area contributed by atoms with Crippen LogP contribution < -0.4 is 0 Å². The lowest BCUT2D eigenvalue weighted by Crippen LogP contribution is -2.10. The van der Waals surface area contributed by atoms with Gasteiger partial charge in [-0.3, -0.25) is 0 Å². The smallest absolute Gasteiger partial charge is 0.331 e. The van der Waals surface area contributed by atoms with E-state index in [0.29, 0.717) is 5.57 Å². The second-order valence-corrected chi connectivity index (χ2v) is 2.61. The molecule has 0 aromatic carbocycles. The van der Waals surface area contributed by atoms with E-state index in [1.54, 1.807) is 0 Å². The highest BCUT2D eigenvalue weighted by Gasteiger charge is 2.18. The van der Waals surface area contributed by atoms with Crippen molar-refractivity contribution in [3.8, 4) is 0 Å². The number of carboxylic acids is 2. The van der Waals surface area contributed by atoms with Crippen molar-refractivity contribution in [2.75, 3.05) is 0 Å². The first-order chi connectivity index (χ1) is 5.99. The highest BCUT2D eigenvalue weighted by molar-refractivity contribution is 5.89. The van der Waals surface area contributed by atoms with Crippen LogP contribution in [0.5, 0.6) is 0 Å². The SMILES string of the molecule is C=CC(=O)O.CC1=C(C(=O)O)CC1. The summed E-state index contributed by atoms with van der Waals surface area (Å²) < 4.78 is 0. The Labute approximate surface area is 76.2 Å². The van der Waals surface area contributed by atoms with E-state index in [2.05, 4.69) is 6.58 Å². The Kier molecular flexibility index (Phi) is 4.51. The van der Waals surface area contributed by atoms with Gasteiger partial charge in [0.05, 0.1) is 0 Å². The molecule has 2 N–H and O–H groups in total. The van der Waals surface area contributed by atoms with E-state index in [-0.39, 0.29) is 0 Å². The predicted molar refractivity (Wildman–Crippen MR) is 47.4 cm³/mol. The van der Waals surface area contributed by atoms with Crippen molar-refractivity contribution in [3.63, 3.8) is 0 Å². The van der Waals surface area contributed by atoms with Gasteiger partial charge in [0.25, 0.3) is 0 Å². The molecule has 0 fully saturated rings. The number of rotatable bonds is 2. The quantitative estimate of drug-likeness (QED) is 0.637. The summed E-state index contributed by atoms with van der Waals surface area (Å²) in [5.41, 5.74) is 1.66. The molecular weight excluding hydrogens is 172 g/mol. The maximum absolute atomic E-state index is 10.1. The van der Waals surface area contributed by atoms with Crippen LogP contribution in [-0.2, 0) is 9.59 Å². The van der Waals surface area contributed by atoms with Crippen LogP contribution in [0, 0.1) is 0 Å². The minimum Gasteiger partial charge on any atom is -0.478 e. The fourth-order valence-corrected chi connectivity index (χ4v) is 0.789. The Morgan fingerprint density at radius 3 is 1.85 bits per heavy atom. The van der Waals surface area contributed by atoms with E-state index < -0.39 is 11.9 Å². The second kappa shape index (κ2) is 5.13. The monoisotopic (exact) mass is 184 g/mol. The Morgan fingerprint density at radius 1 is 1.38 bits per heavy atom. The number of hydrogen-bond acceptors (Lipinski definition) is 2. The molecule has 0 saturated carbocycles. The predicted octanol–water partition coefficient (Wildman–Crippen LogP) is 1.44. The number of carbonyl (C=O) groups is 2. The van der Waals surface area contributed by atoms with Gasteiger partial charge in [0.15, 0.2) is 0 Å². The Morgan fingerprint density at radius 2 is 1.85 bits per heavy atom. The minimum atomic E-state index is -0.981. The first kappa shape index (κ1) is 11.4. The molecule has 0 aromatic heterocycles. The van der Waals surface area contributed by atoms with Crippen molar-refractivity contribution >= 4 is 11.9 Å². The molecular formula is C9H12O4. The summed E-state index contributed by atoms with van der Waals surface area (Å²) in [5.74, 6) is -1.72. The molecule has 0 saturated heterocycles. The summed E-state index contributed by atoms with van der Waals surface area (Å²) >= 11 is 0. The van der Waals surface area contributed by atoms with Crippen molar-refractivity contribution < 1.29 is 19.8 Å². The van der Waals surface area contributed by atoms with Crippen molar-refractivity contribution in [2.24, 2.45) is 0 Å². The molecule has 0 radical (unpaired) electrons. The van der Waals surface area contributed by atoms with E-state index >= 15 is 0 Å². The number of carboxylic acid groups (broad SMARTS) is 2. The van der Waals surface area contributed by atoms with Crippen molar-refractivity contribution in [2.45, 2.75) is 19.8 Å². The summed E-state index contributed by atoms with van der Waals surface area (Å²) in [4.78, 5) is 19.4. The first-order valence-electron chi connectivity index (χ1n) is 3.76. The average molecular weight is 184 g/mol. The molecule has 4 nitrogen and oxygen atoms in total. The zero-order chi connectivity index (χ0) is 10.4. The third-order valence-electron chi connectivity index (χ3n) is 1.70. The lowest BCUT2D eigenvalue weighted by molar-refractivity contribution is -0.133. The maximum atomic E-state index is 10.1. The minimum absolute atomic E-state index is 0.616. The van der Waals surface area contributed by atoms with Gasteiger partial charge >= 0.3 is 11.9 Å². The summed E-state index contributed by atoms with van der Waals surface area (Å²) in [6, 6.07) is 0. The van der Waals surface area contributed by atoms with Crippen LogP contribution >= 0.6 is 0 Å². The molecule has 0 aliphatic heterocycles. The normalized spacial score (nSPS) is 13.6. The van der Waals surface area contributed by atoms with Gasteiger partial charge in [-0.25, -0.2) is 9.59 Å². The van der Waals surface area contributed by atoms with Crippen LogP contribution in [0.15, 0.2) is 23.8 Å². The average Bonchev–Trinajstić information content (AvgIpc) is 2.01. The van der Waals surface area contributed by atoms with Crippen LogP contribution in [0.4, 0.5) is 0 Å². The van der Waals surface area contributed by atoms with Crippen LogP contribution in [-0.4, -0.2) is 22.2 Å². The Balaban J connectivity index is 0.000000252. The van der Waals surface area contributed by atoms with E-state index in [1.165, 1.54) is 0 Å². The lowest BCUT2D eigenvalue weighted by Gasteiger charge is -2.15. The topological polar surface area (TPSA) is 74.6 Å².